The van der Waals surface area contributed by atoms with Crippen LogP contribution in [-0.4, -0.2) is 80.5 Å². The third-order valence-corrected chi connectivity index (χ3v) is 12.3. The Morgan fingerprint density at radius 3 is 1.08 bits per heavy atom. The average Bonchev–Trinajstić information content (AvgIpc) is 3.25. The van der Waals surface area contributed by atoms with Gasteiger partial charge >= 0.3 is 0 Å². The number of nitrogens with one attached hydrogen (secondary N) is 3. The summed E-state index contributed by atoms with van der Waals surface area (Å²) in [7, 11) is 0. The standard InChI is InChI=1S/C50H103N7O3/c1-3-5-7-9-11-13-15-17-19-21-23-25-27-29-31-36-46(37-32-30-28-26-24-22-20-18-16-14-12-10-8-6-4-2)56-49(59)45-54-48(58)44-55-50(60)47(38-33-39-51)57(42-34-40-52)43-35-41-53/h46-47H,3-45,51-53H2,1-2H3,(H,54,58)(H,55,60)(H,56,59)/t47-/m0/s1. The van der Waals surface area contributed by atoms with Gasteiger partial charge in [0.25, 0.3) is 0 Å². The molecule has 0 aromatic carbocycles. The maximum absolute atomic E-state index is 13.3. The zero-order valence-corrected chi connectivity index (χ0v) is 40.0. The van der Waals surface area contributed by atoms with Crippen molar-refractivity contribution in [2.45, 2.75) is 257 Å². The summed E-state index contributed by atoms with van der Waals surface area (Å²) in [6.45, 7) is 7.24. The number of amides is 3. The van der Waals surface area contributed by atoms with Crippen LogP contribution in [0.4, 0.5) is 0 Å². The molecule has 0 spiro atoms. The predicted octanol–water partition coefficient (Wildman–Crippen LogP) is 10.3. The molecule has 0 aliphatic carbocycles. The van der Waals surface area contributed by atoms with Gasteiger partial charge in [0.15, 0.2) is 0 Å². The molecule has 9 N–H and O–H groups in total. The van der Waals surface area contributed by atoms with Gasteiger partial charge in [-0.05, 0) is 58.2 Å². The highest BCUT2D eigenvalue weighted by Crippen LogP contribution is 2.18. The Morgan fingerprint density at radius 2 is 0.733 bits per heavy atom. The van der Waals surface area contributed by atoms with E-state index in [9.17, 15) is 14.4 Å². The maximum atomic E-state index is 13.3. The van der Waals surface area contributed by atoms with Crippen molar-refractivity contribution in [2.24, 2.45) is 17.2 Å². The normalized spacial score (nSPS) is 12.1. The summed E-state index contributed by atoms with van der Waals surface area (Å²) in [6, 6.07) is -0.266. The highest BCUT2D eigenvalue weighted by molar-refractivity contribution is 5.89. The van der Waals surface area contributed by atoms with E-state index in [1.165, 1.54) is 180 Å². The highest BCUT2D eigenvalue weighted by atomic mass is 16.2. The Bertz CT molecular complexity index is 898. The second-order valence-electron chi connectivity index (χ2n) is 18.0. The first-order chi connectivity index (χ1) is 29.4. The molecule has 0 bridgehead atoms. The fourth-order valence-electron chi connectivity index (χ4n) is 8.42. The summed E-state index contributed by atoms with van der Waals surface area (Å²) in [4.78, 5) is 41.2. The quantitative estimate of drug-likeness (QED) is 0.0331. The second kappa shape index (κ2) is 46.7. The molecule has 0 saturated heterocycles. The third-order valence-electron chi connectivity index (χ3n) is 12.3. The van der Waals surface area contributed by atoms with Crippen LogP contribution in [0.25, 0.3) is 0 Å². The fourth-order valence-corrected chi connectivity index (χ4v) is 8.42. The first kappa shape index (κ1) is 58.2. The molecule has 3 amide bonds. The zero-order valence-electron chi connectivity index (χ0n) is 40.0. The summed E-state index contributed by atoms with van der Waals surface area (Å²) >= 11 is 0. The molecule has 0 aromatic heterocycles. The van der Waals surface area contributed by atoms with Crippen LogP contribution >= 0.6 is 0 Å². The lowest BCUT2D eigenvalue weighted by Crippen LogP contribution is -2.51. The average molecular weight is 850 g/mol. The van der Waals surface area contributed by atoms with Gasteiger partial charge in [-0.2, -0.15) is 0 Å². The van der Waals surface area contributed by atoms with Gasteiger partial charge in [0, 0.05) is 19.1 Å². The van der Waals surface area contributed by atoms with Crippen molar-refractivity contribution in [1.82, 2.24) is 20.9 Å². The number of hydrogen-bond donors (Lipinski definition) is 6. The summed E-state index contributed by atoms with van der Waals surface area (Å²) in [6.07, 6.45) is 45.1. The molecule has 0 radical (unpaired) electrons. The number of unbranched alkanes of at least 4 members (excludes halogenated alkanes) is 28. The minimum Gasteiger partial charge on any atom is -0.352 e. The van der Waals surface area contributed by atoms with Crippen LogP contribution in [0, 0.1) is 0 Å². The first-order valence-electron chi connectivity index (χ1n) is 26.1. The molecular formula is C50H103N7O3. The van der Waals surface area contributed by atoms with Gasteiger partial charge in [-0.1, -0.05) is 206 Å². The van der Waals surface area contributed by atoms with Gasteiger partial charge in [0.05, 0.1) is 19.1 Å². The van der Waals surface area contributed by atoms with Crippen LogP contribution in [0.2, 0.25) is 0 Å². The molecule has 10 nitrogen and oxygen atoms in total. The molecule has 0 rings (SSSR count). The molecule has 1 atom stereocenters. The molecular weight excluding hydrogens is 747 g/mol. The smallest absolute Gasteiger partial charge is 0.239 e. The van der Waals surface area contributed by atoms with E-state index in [2.05, 4.69) is 34.7 Å². The van der Waals surface area contributed by atoms with E-state index in [0.29, 0.717) is 45.6 Å². The van der Waals surface area contributed by atoms with Crippen molar-refractivity contribution >= 4 is 17.7 Å². The summed E-state index contributed by atoms with van der Waals surface area (Å²) in [5.41, 5.74) is 17.3. The summed E-state index contributed by atoms with van der Waals surface area (Å²) < 4.78 is 0. The summed E-state index contributed by atoms with van der Waals surface area (Å²) in [5.74, 6) is -0.728. The maximum Gasteiger partial charge on any atom is 0.239 e. The molecule has 0 aromatic rings. The molecule has 0 fully saturated rings. The van der Waals surface area contributed by atoms with Crippen molar-refractivity contribution in [3.8, 4) is 0 Å². The topological polar surface area (TPSA) is 169 Å². The van der Waals surface area contributed by atoms with Gasteiger partial charge in [0.1, 0.15) is 0 Å². The number of carbonyl (C=O) groups is 3. The zero-order chi connectivity index (χ0) is 44.0. The van der Waals surface area contributed by atoms with Crippen molar-refractivity contribution in [3.63, 3.8) is 0 Å². The molecule has 0 unspecified atom stereocenters. The van der Waals surface area contributed by atoms with E-state index in [4.69, 9.17) is 17.2 Å². The highest BCUT2D eigenvalue weighted by Gasteiger charge is 2.25. The number of carbonyl (C=O) groups excluding carboxylic acids is 3. The molecule has 10 heteroatoms. The summed E-state index contributed by atoms with van der Waals surface area (Å²) in [5, 5.41) is 8.79. The first-order valence-corrected chi connectivity index (χ1v) is 26.1. The fraction of sp³-hybridized carbons (Fsp3) is 0.940. The van der Waals surface area contributed by atoms with E-state index in [1.54, 1.807) is 0 Å². The number of nitrogens with two attached hydrogens (primary N) is 3. The number of nitrogens with zero attached hydrogens (tertiary/aromatic N) is 1. The van der Waals surface area contributed by atoms with Crippen LogP contribution in [0.5, 0.6) is 0 Å². The Morgan fingerprint density at radius 1 is 0.400 bits per heavy atom. The molecule has 60 heavy (non-hydrogen) atoms. The lowest BCUT2D eigenvalue weighted by Gasteiger charge is -2.30. The van der Waals surface area contributed by atoms with Gasteiger partial charge in [-0.3, -0.25) is 19.3 Å². The van der Waals surface area contributed by atoms with Crippen molar-refractivity contribution in [1.29, 1.82) is 0 Å². The van der Waals surface area contributed by atoms with E-state index < -0.39 is 6.04 Å². The van der Waals surface area contributed by atoms with E-state index in [-0.39, 0.29) is 36.9 Å². The Kier molecular flexibility index (Phi) is 45.4. The Balaban J connectivity index is 4.67. The molecule has 0 aliphatic rings. The van der Waals surface area contributed by atoms with Gasteiger partial charge in [-0.15, -0.1) is 0 Å². The van der Waals surface area contributed by atoms with Crippen LogP contribution in [0.1, 0.15) is 245 Å². The second-order valence-corrected chi connectivity index (χ2v) is 18.0. The van der Waals surface area contributed by atoms with Crippen LogP contribution < -0.4 is 33.2 Å². The SMILES string of the molecule is CCCCCCCCCCCCCCCCCC(CCCCCCCCCCCCCCCCC)NC(=O)CNC(=O)CNC(=O)[C@H](CCCN)N(CCCN)CCCN. The lowest BCUT2D eigenvalue weighted by molar-refractivity contribution is -0.130. The van der Waals surface area contributed by atoms with Crippen LogP contribution in [0.3, 0.4) is 0 Å². The third kappa shape index (κ3) is 39.1. The van der Waals surface area contributed by atoms with E-state index >= 15 is 0 Å². The van der Waals surface area contributed by atoms with Crippen molar-refractivity contribution in [2.75, 3.05) is 45.8 Å². The van der Waals surface area contributed by atoms with Crippen LogP contribution in [-0.2, 0) is 14.4 Å². The minimum absolute atomic E-state index is 0.0847. The lowest BCUT2D eigenvalue weighted by atomic mass is 9.99. The van der Waals surface area contributed by atoms with Crippen molar-refractivity contribution < 1.29 is 14.4 Å². The largest absolute Gasteiger partial charge is 0.352 e. The Labute approximate surface area is 372 Å². The van der Waals surface area contributed by atoms with E-state index in [1.807, 2.05) is 0 Å². The van der Waals surface area contributed by atoms with Crippen LogP contribution in [0.15, 0.2) is 0 Å². The van der Waals surface area contributed by atoms with E-state index in [0.717, 1.165) is 38.5 Å². The molecule has 356 valence electrons. The number of hydrogen-bond acceptors (Lipinski definition) is 7. The predicted molar refractivity (Wildman–Crippen MR) is 258 cm³/mol. The number of rotatable bonds is 48. The van der Waals surface area contributed by atoms with Gasteiger partial charge in [-0.25, -0.2) is 0 Å². The van der Waals surface area contributed by atoms with Gasteiger partial charge < -0.3 is 33.2 Å². The van der Waals surface area contributed by atoms with Crippen molar-refractivity contribution in [3.05, 3.63) is 0 Å². The minimum atomic E-state index is -0.400. The Hall–Kier alpha value is -1.75. The molecule has 0 heterocycles. The monoisotopic (exact) mass is 850 g/mol. The molecule has 0 aliphatic heterocycles. The molecule has 0 saturated carbocycles. The van der Waals surface area contributed by atoms with Gasteiger partial charge in [0.2, 0.25) is 17.7 Å².